The summed E-state index contributed by atoms with van der Waals surface area (Å²) in [6, 6.07) is 36.2. The second kappa shape index (κ2) is 9.97. The van der Waals surface area contributed by atoms with Crippen molar-refractivity contribution < 1.29 is 14.3 Å². The number of hydrogen-bond acceptors (Lipinski definition) is 3. The maximum Gasteiger partial charge on any atom is 0.338 e. The van der Waals surface area contributed by atoms with Gasteiger partial charge in [-0.15, -0.1) is 0 Å². The molecule has 0 fully saturated rings. The molecule has 0 aliphatic carbocycles. The smallest absolute Gasteiger partial charge is 0.338 e. The molecule has 0 saturated heterocycles. The number of hydrogen-bond donors (Lipinski definition) is 0. The minimum atomic E-state index is -0.764. The first-order chi connectivity index (χ1) is 16.0. The van der Waals surface area contributed by atoms with E-state index >= 15 is 0 Å². The monoisotopic (exact) mass is 455 g/mol. The van der Waals surface area contributed by atoms with Gasteiger partial charge in [0.15, 0.2) is 14.7 Å². The molecular weight excluding hydrogens is 428 g/mol. The van der Waals surface area contributed by atoms with Crippen LogP contribution in [0.5, 0.6) is 5.75 Å². The number of benzene rings is 4. The summed E-state index contributed by atoms with van der Waals surface area (Å²) in [5.41, 5.74) is 0.674. The molecule has 4 rings (SSSR count). The van der Waals surface area contributed by atoms with Crippen LogP contribution in [-0.4, -0.2) is 13.1 Å². The lowest BCUT2D eigenvalue weighted by Gasteiger charge is -2.26. The highest BCUT2D eigenvalue weighted by Crippen LogP contribution is 2.32. The van der Waals surface area contributed by atoms with Crippen molar-refractivity contribution in [1.82, 2.24) is 0 Å². The molecule has 33 heavy (non-hydrogen) atoms. The lowest BCUT2D eigenvalue weighted by molar-refractivity contribution is -0.00314. The van der Waals surface area contributed by atoms with Crippen molar-refractivity contribution >= 4 is 16.9 Å². The minimum absolute atomic E-state index is 0.252. The highest BCUT2D eigenvalue weighted by atomic mass is 32.2. The molecule has 0 aromatic heterocycles. The first kappa shape index (κ1) is 22.7. The molecule has 0 atom stereocenters. The summed E-state index contributed by atoms with van der Waals surface area (Å²) < 4.78 is 11.1. The van der Waals surface area contributed by atoms with E-state index in [4.69, 9.17) is 9.47 Å². The van der Waals surface area contributed by atoms with Gasteiger partial charge in [-0.05, 0) is 80.1 Å². The minimum Gasteiger partial charge on any atom is -0.497 e. The van der Waals surface area contributed by atoms with Gasteiger partial charge in [0, 0.05) is 0 Å². The molecule has 0 saturated carbocycles. The summed E-state index contributed by atoms with van der Waals surface area (Å²) >= 11 is 0. The van der Waals surface area contributed by atoms with Crippen LogP contribution in [0.2, 0.25) is 0 Å². The van der Waals surface area contributed by atoms with Crippen molar-refractivity contribution in [2.45, 2.75) is 34.1 Å². The SMILES string of the molecule is COc1ccc(C(C)(C)OC(=O)c2ccc([S+](c3ccccc3)c3ccccc3)cc2)cc1. The van der Waals surface area contributed by atoms with Gasteiger partial charge in [-0.3, -0.25) is 0 Å². The fraction of sp³-hybridized carbons (Fsp3) is 0.138. The van der Waals surface area contributed by atoms with Crippen LogP contribution in [-0.2, 0) is 21.2 Å². The van der Waals surface area contributed by atoms with Crippen LogP contribution in [0.3, 0.4) is 0 Å². The van der Waals surface area contributed by atoms with Crippen LogP contribution in [0.1, 0.15) is 29.8 Å². The summed E-state index contributed by atoms with van der Waals surface area (Å²) in [5.74, 6) is 0.422. The van der Waals surface area contributed by atoms with Crippen LogP contribution >= 0.6 is 0 Å². The van der Waals surface area contributed by atoms with Gasteiger partial charge in [-0.1, -0.05) is 48.5 Å². The Balaban J connectivity index is 1.56. The van der Waals surface area contributed by atoms with Gasteiger partial charge in [-0.25, -0.2) is 4.79 Å². The Morgan fingerprint density at radius 3 is 1.64 bits per heavy atom. The van der Waals surface area contributed by atoms with Gasteiger partial charge in [-0.2, -0.15) is 0 Å². The van der Waals surface area contributed by atoms with Crippen LogP contribution in [0.4, 0.5) is 0 Å². The van der Waals surface area contributed by atoms with E-state index in [0.29, 0.717) is 5.56 Å². The average molecular weight is 456 g/mol. The first-order valence-corrected chi connectivity index (χ1v) is 12.0. The van der Waals surface area contributed by atoms with E-state index in [2.05, 4.69) is 48.5 Å². The second-order valence-corrected chi connectivity index (χ2v) is 10.1. The molecule has 166 valence electrons. The summed E-state index contributed by atoms with van der Waals surface area (Å²) in [4.78, 5) is 16.6. The van der Waals surface area contributed by atoms with E-state index in [-0.39, 0.29) is 16.9 Å². The number of esters is 1. The van der Waals surface area contributed by atoms with E-state index in [1.54, 1.807) is 7.11 Å². The zero-order valence-corrected chi connectivity index (χ0v) is 19.8. The van der Waals surface area contributed by atoms with Gasteiger partial charge in [0.1, 0.15) is 11.4 Å². The summed E-state index contributed by atoms with van der Waals surface area (Å²) in [7, 11) is 1.38. The maximum absolute atomic E-state index is 12.9. The molecule has 0 unspecified atom stereocenters. The lowest BCUT2D eigenvalue weighted by Crippen LogP contribution is -2.25. The number of methoxy groups -OCH3 is 1. The third-order valence-electron chi connectivity index (χ3n) is 5.42. The quantitative estimate of drug-likeness (QED) is 0.225. The van der Waals surface area contributed by atoms with E-state index in [1.165, 1.54) is 9.79 Å². The summed E-state index contributed by atoms with van der Waals surface area (Å²) in [6.07, 6.45) is 0. The van der Waals surface area contributed by atoms with Gasteiger partial charge < -0.3 is 9.47 Å². The Labute approximate surface area is 198 Å². The van der Waals surface area contributed by atoms with Crippen molar-refractivity contribution in [1.29, 1.82) is 0 Å². The number of carbonyl (C=O) groups is 1. The lowest BCUT2D eigenvalue weighted by atomic mass is 9.98. The Kier molecular flexibility index (Phi) is 6.85. The van der Waals surface area contributed by atoms with E-state index < -0.39 is 5.60 Å². The standard InChI is InChI=1S/C29H27O3S/c1-29(2,23-16-18-24(31-3)19-17-23)32-28(30)22-14-20-27(21-15-22)33(25-10-6-4-7-11-25)26-12-8-5-9-13-26/h4-21H,1-3H3/q+1. The molecule has 3 nitrogen and oxygen atoms in total. The molecule has 0 aliphatic rings. The van der Waals surface area contributed by atoms with E-state index in [1.807, 2.05) is 74.5 Å². The number of ether oxygens (including phenoxy) is 2. The summed E-state index contributed by atoms with van der Waals surface area (Å²) in [5, 5.41) is 0. The van der Waals surface area contributed by atoms with Crippen molar-refractivity contribution in [3.05, 3.63) is 120 Å². The van der Waals surface area contributed by atoms with Crippen LogP contribution in [0, 0.1) is 0 Å². The fourth-order valence-electron chi connectivity index (χ4n) is 3.59. The average Bonchev–Trinajstić information content (AvgIpc) is 2.86. The van der Waals surface area contributed by atoms with Gasteiger partial charge in [0.05, 0.1) is 23.6 Å². The second-order valence-electron chi connectivity index (χ2n) is 8.09. The largest absolute Gasteiger partial charge is 0.497 e. The maximum atomic E-state index is 12.9. The van der Waals surface area contributed by atoms with Gasteiger partial charge in [0.25, 0.3) is 0 Å². The molecule has 4 aromatic carbocycles. The zero-order valence-electron chi connectivity index (χ0n) is 19.0. The molecule has 0 spiro atoms. The third-order valence-corrected chi connectivity index (χ3v) is 7.65. The highest BCUT2D eigenvalue weighted by molar-refractivity contribution is 7.97. The zero-order chi connectivity index (χ0) is 23.3. The molecule has 0 heterocycles. The topological polar surface area (TPSA) is 35.5 Å². The van der Waals surface area contributed by atoms with Crippen molar-refractivity contribution in [3.63, 3.8) is 0 Å². The first-order valence-electron chi connectivity index (χ1n) is 10.8. The Hall–Kier alpha value is -3.50. The molecule has 0 bridgehead atoms. The fourth-order valence-corrected chi connectivity index (χ4v) is 5.67. The Morgan fingerprint density at radius 2 is 1.15 bits per heavy atom. The molecular formula is C29H27O3S+. The van der Waals surface area contributed by atoms with E-state index in [9.17, 15) is 4.79 Å². The number of carbonyl (C=O) groups excluding carboxylic acids is 1. The predicted octanol–water partition coefficient (Wildman–Crippen LogP) is 6.88. The predicted molar refractivity (Wildman–Crippen MR) is 133 cm³/mol. The van der Waals surface area contributed by atoms with Crippen LogP contribution < -0.4 is 4.74 Å². The van der Waals surface area contributed by atoms with Gasteiger partial charge in [0.2, 0.25) is 0 Å². The summed E-state index contributed by atoms with van der Waals surface area (Å²) in [6.45, 7) is 3.78. The molecule has 0 N–H and O–H groups in total. The van der Waals surface area contributed by atoms with Crippen LogP contribution in [0.15, 0.2) is 124 Å². The third kappa shape index (κ3) is 5.29. The molecule has 4 aromatic rings. The van der Waals surface area contributed by atoms with E-state index in [0.717, 1.165) is 16.2 Å². The molecule has 0 radical (unpaired) electrons. The van der Waals surface area contributed by atoms with Crippen molar-refractivity contribution in [2.24, 2.45) is 0 Å². The normalized spacial score (nSPS) is 11.3. The van der Waals surface area contributed by atoms with Crippen LogP contribution in [0.25, 0.3) is 0 Å². The Morgan fingerprint density at radius 1 is 0.667 bits per heavy atom. The van der Waals surface area contributed by atoms with Crippen molar-refractivity contribution in [2.75, 3.05) is 7.11 Å². The highest BCUT2D eigenvalue weighted by Gasteiger charge is 2.30. The molecule has 4 heteroatoms. The van der Waals surface area contributed by atoms with Crippen molar-refractivity contribution in [3.8, 4) is 5.75 Å². The molecule has 0 aliphatic heterocycles. The number of rotatable bonds is 7. The Bertz CT molecular complexity index is 1150. The molecule has 0 amide bonds. The van der Waals surface area contributed by atoms with Gasteiger partial charge >= 0.3 is 5.97 Å².